The maximum Gasteiger partial charge on any atom is 0.352 e. The van der Waals surface area contributed by atoms with Gasteiger partial charge in [0.25, 0.3) is 11.8 Å². The molecule has 4 aromatic rings. The van der Waals surface area contributed by atoms with Gasteiger partial charge in [-0.1, -0.05) is 24.3 Å². The van der Waals surface area contributed by atoms with Crippen molar-refractivity contribution in [3.8, 4) is 5.75 Å². The first-order chi connectivity index (χ1) is 16.8. The van der Waals surface area contributed by atoms with Crippen molar-refractivity contribution in [2.45, 2.75) is 6.54 Å². The first-order valence-electron chi connectivity index (χ1n) is 10.3. The summed E-state index contributed by atoms with van der Waals surface area (Å²) < 4.78 is 1.22. The Balaban J connectivity index is 1.47. The fourth-order valence-electron chi connectivity index (χ4n) is 3.21. The van der Waals surface area contributed by atoms with Crippen LogP contribution in [0.3, 0.4) is 0 Å². The van der Waals surface area contributed by atoms with Gasteiger partial charge in [-0.3, -0.25) is 9.59 Å². The van der Waals surface area contributed by atoms with Gasteiger partial charge in [-0.15, -0.1) is 11.3 Å². The summed E-state index contributed by atoms with van der Waals surface area (Å²) in [6, 6.07) is 18.3. The lowest BCUT2D eigenvalue weighted by Gasteiger charge is -2.10. The molecule has 176 valence electrons. The second-order valence-corrected chi connectivity index (χ2v) is 9.30. The van der Waals surface area contributed by atoms with E-state index in [1.165, 1.54) is 41.7 Å². The Morgan fingerprint density at radius 2 is 1.80 bits per heavy atom. The molecule has 0 aliphatic carbocycles. The Hall–Kier alpha value is -4.02. The molecular formula is C25H18BrN3O5S. The molecule has 0 radical (unpaired) electrons. The molecule has 0 unspecified atom stereocenters. The third kappa shape index (κ3) is 5.92. The molecule has 1 heterocycles. The number of carboxylic acids is 1. The van der Waals surface area contributed by atoms with Gasteiger partial charge in [0.2, 0.25) is 0 Å². The number of carboxylic acid groups (broad SMARTS) is 1. The Morgan fingerprint density at radius 1 is 1.00 bits per heavy atom. The monoisotopic (exact) mass is 551 g/mol. The van der Waals surface area contributed by atoms with Gasteiger partial charge in [-0.2, -0.15) is 0 Å². The number of nitrogens with zero attached hydrogens (tertiary/aromatic N) is 1. The van der Waals surface area contributed by atoms with E-state index in [1.807, 2.05) is 24.3 Å². The number of carbonyl (C=O) groups is 3. The summed E-state index contributed by atoms with van der Waals surface area (Å²) in [5.41, 5.74) is 1.60. The first-order valence-corrected chi connectivity index (χ1v) is 11.9. The normalized spacial score (nSPS) is 11.3. The second kappa shape index (κ2) is 10.5. The minimum Gasteiger partial charge on any atom is -0.508 e. The van der Waals surface area contributed by atoms with E-state index in [0.717, 1.165) is 15.8 Å². The highest BCUT2D eigenvalue weighted by Gasteiger charge is 2.18. The van der Waals surface area contributed by atoms with Crippen LogP contribution < -0.4 is 10.6 Å². The van der Waals surface area contributed by atoms with E-state index in [4.69, 9.17) is 0 Å². The standard InChI is InChI=1S/C25H18BrN3O5S/c26-18-11-15(23(31)27-13-14-4-3-5-16(30)10-14)8-9-17(18)24(32)29-20(25(33)34)12-22-28-19-6-1-2-7-21(19)35-22/h1-12,30H,13H2,(H,27,31)(H,29,32)(H,33,34). The second-order valence-electron chi connectivity index (χ2n) is 7.38. The van der Waals surface area contributed by atoms with E-state index >= 15 is 0 Å². The predicted molar refractivity (Wildman–Crippen MR) is 136 cm³/mol. The van der Waals surface area contributed by atoms with Crippen LogP contribution in [-0.2, 0) is 11.3 Å². The summed E-state index contributed by atoms with van der Waals surface area (Å²) in [4.78, 5) is 41.4. The number of para-hydroxylation sites is 1. The van der Waals surface area contributed by atoms with Crippen LogP contribution in [0.2, 0.25) is 0 Å². The highest BCUT2D eigenvalue weighted by molar-refractivity contribution is 9.10. The molecule has 0 bridgehead atoms. The number of rotatable bonds is 7. The van der Waals surface area contributed by atoms with Crippen LogP contribution in [0, 0.1) is 0 Å². The van der Waals surface area contributed by atoms with E-state index in [2.05, 4.69) is 31.5 Å². The van der Waals surface area contributed by atoms with Crippen molar-refractivity contribution in [3.63, 3.8) is 0 Å². The molecule has 0 fully saturated rings. The molecule has 10 heteroatoms. The van der Waals surface area contributed by atoms with E-state index in [1.54, 1.807) is 18.2 Å². The highest BCUT2D eigenvalue weighted by atomic mass is 79.9. The Labute approximate surface area is 212 Å². The van der Waals surface area contributed by atoms with Crippen LogP contribution in [0.25, 0.3) is 16.3 Å². The zero-order valence-electron chi connectivity index (χ0n) is 18.0. The van der Waals surface area contributed by atoms with Crippen molar-refractivity contribution < 1.29 is 24.6 Å². The van der Waals surface area contributed by atoms with Crippen molar-refractivity contribution in [2.24, 2.45) is 0 Å². The third-order valence-electron chi connectivity index (χ3n) is 4.90. The molecule has 4 rings (SSSR count). The smallest absolute Gasteiger partial charge is 0.352 e. The largest absolute Gasteiger partial charge is 0.508 e. The van der Waals surface area contributed by atoms with Gasteiger partial charge < -0.3 is 20.8 Å². The average Bonchev–Trinajstić information content (AvgIpc) is 3.24. The zero-order chi connectivity index (χ0) is 24.9. The number of aromatic hydroxyl groups is 1. The number of phenols is 1. The Kier molecular flexibility index (Phi) is 7.23. The van der Waals surface area contributed by atoms with Crippen molar-refractivity contribution in [1.82, 2.24) is 15.6 Å². The van der Waals surface area contributed by atoms with Crippen LogP contribution in [0.4, 0.5) is 0 Å². The Bertz CT molecular complexity index is 1450. The fourth-order valence-corrected chi connectivity index (χ4v) is 4.68. The molecule has 35 heavy (non-hydrogen) atoms. The molecule has 0 spiro atoms. The fraction of sp³-hybridized carbons (Fsp3) is 0.0400. The number of nitrogens with one attached hydrogen (secondary N) is 2. The zero-order valence-corrected chi connectivity index (χ0v) is 20.4. The number of hydrogen-bond acceptors (Lipinski definition) is 6. The molecule has 0 saturated heterocycles. The number of benzene rings is 3. The molecule has 2 amide bonds. The molecule has 8 nitrogen and oxygen atoms in total. The summed E-state index contributed by atoms with van der Waals surface area (Å²) in [7, 11) is 0. The molecule has 0 saturated carbocycles. The summed E-state index contributed by atoms with van der Waals surface area (Å²) in [6.07, 6.45) is 1.31. The van der Waals surface area contributed by atoms with Crippen molar-refractivity contribution in [3.05, 3.63) is 98.6 Å². The van der Waals surface area contributed by atoms with E-state index in [-0.39, 0.29) is 29.5 Å². The number of fused-ring (bicyclic) bond motifs is 1. The van der Waals surface area contributed by atoms with E-state index in [0.29, 0.717) is 15.0 Å². The molecule has 3 aromatic carbocycles. The van der Waals surface area contributed by atoms with Crippen molar-refractivity contribution >= 4 is 61.3 Å². The number of aromatic nitrogens is 1. The molecule has 1 aromatic heterocycles. The van der Waals surface area contributed by atoms with Gasteiger partial charge in [0, 0.05) is 22.7 Å². The van der Waals surface area contributed by atoms with E-state index < -0.39 is 11.9 Å². The SMILES string of the molecule is O=C(O)C(=Cc1nc2ccccc2s1)NC(=O)c1ccc(C(=O)NCc2cccc(O)c2)cc1Br. The van der Waals surface area contributed by atoms with Crippen LogP contribution in [0.1, 0.15) is 31.3 Å². The number of aliphatic carboxylic acids is 1. The quantitative estimate of drug-likeness (QED) is 0.249. The first kappa shape index (κ1) is 24.1. The lowest BCUT2D eigenvalue weighted by atomic mass is 10.1. The third-order valence-corrected chi connectivity index (χ3v) is 6.54. The van der Waals surface area contributed by atoms with Gasteiger partial charge in [0.05, 0.1) is 15.8 Å². The molecule has 0 aliphatic heterocycles. The summed E-state index contributed by atoms with van der Waals surface area (Å²) in [5.74, 6) is -2.23. The van der Waals surface area contributed by atoms with E-state index in [9.17, 15) is 24.6 Å². The summed E-state index contributed by atoms with van der Waals surface area (Å²) in [5, 5.41) is 24.7. The van der Waals surface area contributed by atoms with Crippen LogP contribution in [0.15, 0.2) is 76.9 Å². The number of phenolic OH excluding ortho intramolecular Hbond substituents is 1. The van der Waals surface area contributed by atoms with Gasteiger partial charge in [0.1, 0.15) is 16.5 Å². The van der Waals surface area contributed by atoms with Crippen LogP contribution in [0.5, 0.6) is 5.75 Å². The van der Waals surface area contributed by atoms with Crippen molar-refractivity contribution in [2.75, 3.05) is 0 Å². The highest BCUT2D eigenvalue weighted by Crippen LogP contribution is 2.24. The minimum absolute atomic E-state index is 0.104. The van der Waals surface area contributed by atoms with Gasteiger partial charge in [0.15, 0.2) is 0 Å². The maximum atomic E-state index is 12.8. The van der Waals surface area contributed by atoms with Gasteiger partial charge in [-0.05, 0) is 64.0 Å². The summed E-state index contributed by atoms with van der Waals surface area (Å²) >= 11 is 4.60. The van der Waals surface area contributed by atoms with Gasteiger partial charge >= 0.3 is 5.97 Å². The minimum atomic E-state index is -1.31. The molecular weight excluding hydrogens is 534 g/mol. The average molecular weight is 552 g/mol. The number of amides is 2. The number of halogens is 1. The topological polar surface area (TPSA) is 129 Å². The number of carbonyl (C=O) groups excluding carboxylic acids is 2. The number of thiazole rings is 1. The molecule has 0 atom stereocenters. The lowest BCUT2D eigenvalue weighted by Crippen LogP contribution is -2.28. The Morgan fingerprint density at radius 3 is 2.51 bits per heavy atom. The van der Waals surface area contributed by atoms with Crippen LogP contribution in [-0.4, -0.2) is 33.0 Å². The van der Waals surface area contributed by atoms with Gasteiger partial charge in [-0.25, -0.2) is 9.78 Å². The molecule has 4 N–H and O–H groups in total. The van der Waals surface area contributed by atoms with Crippen molar-refractivity contribution in [1.29, 1.82) is 0 Å². The predicted octanol–water partition coefficient (Wildman–Crippen LogP) is 4.55. The van der Waals surface area contributed by atoms with Crippen LogP contribution >= 0.6 is 27.3 Å². The molecule has 0 aliphatic rings. The number of hydrogen-bond donors (Lipinski definition) is 4. The lowest BCUT2D eigenvalue weighted by molar-refractivity contribution is -0.132. The summed E-state index contributed by atoms with van der Waals surface area (Å²) in [6.45, 7) is 0.214. The maximum absolute atomic E-state index is 12.8.